The van der Waals surface area contributed by atoms with Gasteiger partial charge in [-0.2, -0.15) is 0 Å². The fourth-order valence-corrected chi connectivity index (χ4v) is 4.04. The lowest BCUT2D eigenvalue weighted by Crippen LogP contribution is -2.37. The molecular formula is C23H23N3O4. The Kier molecular flexibility index (Phi) is 5.11. The highest BCUT2D eigenvalue weighted by atomic mass is 16.6. The summed E-state index contributed by atoms with van der Waals surface area (Å²) in [6.45, 7) is 5.35. The van der Waals surface area contributed by atoms with E-state index < -0.39 is 10.8 Å². The number of nitro benzene ring substituents is 1. The summed E-state index contributed by atoms with van der Waals surface area (Å²) in [5.74, 6) is -0.726. The number of rotatable bonds is 4. The minimum atomic E-state index is -0.479. The van der Waals surface area contributed by atoms with Crippen molar-refractivity contribution in [2.45, 2.75) is 33.1 Å². The van der Waals surface area contributed by atoms with Crippen molar-refractivity contribution < 1.29 is 14.5 Å². The maximum Gasteiger partial charge on any atom is 0.282 e. The van der Waals surface area contributed by atoms with E-state index in [9.17, 15) is 19.7 Å². The SMILES string of the molecule is Cc1ccc(N2C(=O)C(c3ccc([N+](=O)[O-])cc3)=C(N3CCCCC3)C2=O)cc1C. The fraction of sp³-hybridized carbons (Fsp3) is 0.304. The average molecular weight is 405 g/mol. The lowest BCUT2D eigenvalue weighted by molar-refractivity contribution is -0.384. The molecule has 30 heavy (non-hydrogen) atoms. The third kappa shape index (κ3) is 3.36. The zero-order chi connectivity index (χ0) is 21.4. The molecule has 0 unspecified atom stereocenters. The number of likely N-dealkylation sites (tertiary alicyclic amines) is 1. The van der Waals surface area contributed by atoms with Crippen LogP contribution in [0.2, 0.25) is 0 Å². The summed E-state index contributed by atoms with van der Waals surface area (Å²) in [6.07, 6.45) is 3.02. The van der Waals surface area contributed by atoms with Crippen LogP contribution in [0.25, 0.3) is 5.57 Å². The Labute approximate surface area is 174 Å². The highest BCUT2D eigenvalue weighted by Crippen LogP contribution is 2.36. The largest absolute Gasteiger partial charge is 0.366 e. The first-order valence-corrected chi connectivity index (χ1v) is 10.1. The number of hydrogen-bond acceptors (Lipinski definition) is 5. The van der Waals surface area contributed by atoms with Crippen LogP contribution in [0.4, 0.5) is 11.4 Å². The summed E-state index contributed by atoms with van der Waals surface area (Å²) >= 11 is 0. The number of non-ortho nitro benzene ring substituents is 1. The van der Waals surface area contributed by atoms with Gasteiger partial charge in [-0.1, -0.05) is 6.07 Å². The van der Waals surface area contributed by atoms with E-state index in [1.165, 1.54) is 17.0 Å². The Morgan fingerprint density at radius 2 is 1.53 bits per heavy atom. The number of aryl methyl sites for hydroxylation is 2. The molecule has 2 amide bonds. The van der Waals surface area contributed by atoms with Gasteiger partial charge >= 0.3 is 0 Å². The molecule has 0 radical (unpaired) electrons. The Balaban J connectivity index is 1.81. The lowest BCUT2D eigenvalue weighted by Gasteiger charge is -2.29. The van der Waals surface area contributed by atoms with Gasteiger partial charge in [-0.05, 0) is 74.1 Å². The molecular weight excluding hydrogens is 382 g/mol. The molecule has 0 aliphatic carbocycles. The van der Waals surface area contributed by atoms with Gasteiger partial charge in [-0.25, -0.2) is 4.90 Å². The number of piperidine rings is 1. The number of anilines is 1. The van der Waals surface area contributed by atoms with Crippen LogP contribution in [0, 0.1) is 24.0 Å². The molecule has 7 heteroatoms. The molecule has 0 bridgehead atoms. The predicted molar refractivity (Wildman–Crippen MR) is 114 cm³/mol. The van der Waals surface area contributed by atoms with E-state index >= 15 is 0 Å². The Hall–Kier alpha value is -3.48. The third-order valence-electron chi connectivity index (χ3n) is 5.85. The molecule has 0 N–H and O–H groups in total. The number of imide groups is 1. The molecule has 1 saturated heterocycles. The first-order valence-electron chi connectivity index (χ1n) is 10.1. The van der Waals surface area contributed by atoms with Crippen molar-refractivity contribution >= 4 is 28.8 Å². The molecule has 2 aliphatic heterocycles. The number of hydrogen-bond donors (Lipinski definition) is 0. The van der Waals surface area contributed by atoms with E-state index in [-0.39, 0.29) is 11.6 Å². The van der Waals surface area contributed by atoms with Crippen LogP contribution in [0.15, 0.2) is 48.2 Å². The van der Waals surface area contributed by atoms with Gasteiger partial charge in [0, 0.05) is 25.2 Å². The highest BCUT2D eigenvalue weighted by Gasteiger charge is 2.42. The van der Waals surface area contributed by atoms with E-state index in [4.69, 9.17) is 0 Å². The zero-order valence-corrected chi connectivity index (χ0v) is 17.1. The summed E-state index contributed by atoms with van der Waals surface area (Å²) in [7, 11) is 0. The predicted octanol–water partition coefficient (Wildman–Crippen LogP) is 3.98. The monoisotopic (exact) mass is 405 g/mol. The molecule has 0 spiro atoms. The quantitative estimate of drug-likeness (QED) is 0.436. The molecule has 7 nitrogen and oxygen atoms in total. The van der Waals surface area contributed by atoms with Gasteiger partial charge in [0.05, 0.1) is 16.2 Å². The number of nitro groups is 1. The summed E-state index contributed by atoms with van der Waals surface area (Å²) in [5.41, 5.74) is 3.79. The van der Waals surface area contributed by atoms with Gasteiger partial charge in [0.1, 0.15) is 5.70 Å². The molecule has 2 aromatic carbocycles. The highest BCUT2D eigenvalue weighted by molar-refractivity contribution is 6.45. The minimum absolute atomic E-state index is 0.0540. The van der Waals surface area contributed by atoms with Crippen molar-refractivity contribution in [3.63, 3.8) is 0 Å². The average Bonchev–Trinajstić information content (AvgIpc) is 3.01. The molecule has 2 heterocycles. The molecule has 4 rings (SSSR count). The molecule has 2 aromatic rings. The first-order chi connectivity index (χ1) is 14.4. The number of benzene rings is 2. The van der Waals surface area contributed by atoms with Crippen LogP contribution < -0.4 is 4.90 Å². The van der Waals surface area contributed by atoms with E-state index in [0.29, 0.717) is 35.6 Å². The molecule has 0 aromatic heterocycles. The van der Waals surface area contributed by atoms with Crippen molar-refractivity contribution in [1.82, 2.24) is 4.90 Å². The number of carbonyl (C=O) groups is 2. The van der Waals surface area contributed by atoms with Gasteiger partial charge in [-0.15, -0.1) is 0 Å². The molecule has 0 atom stereocenters. The van der Waals surface area contributed by atoms with Crippen LogP contribution in [0.5, 0.6) is 0 Å². The fourth-order valence-electron chi connectivity index (χ4n) is 4.04. The summed E-state index contributed by atoms with van der Waals surface area (Å²) < 4.78 is 0. The van der Waals surface area contributed by atoms with Crippen LogP contribution in [0.1, 0.15) is 36.0 Å². The van der Waals surface area contributed by atoms with Crippen molar-refractivity contribution in [2.75, 3.05) is 18.0 Å². The van der Waals surface area contributed by atoms with E-state index in [0.717, 1.165) is 30.4 Å². The van der Waals surface area contributed by atoms with Gasteiger partial charge in [0.2, 0.25) is 0 Å². The smallest absolute Gasteiger partial charge is 0.282 e. The van der Waals surface area contributed by atoms with E-state index in [2.05, 4.69) is 0 Å². The lowest BCUT2D eigenvalue weighted by atomic mass is 10.0. The standard InChI is InChI=1S/C23H23N3O4/c1-15-6-9-19(14-16(15)2)25-22(27)20(17-7-10-18(11-8-17)26(29)30)21(23(25)28)24-12-4-3-5-13-24/h6-11,14H,3-5,12-13H2,1-2H3. The second kappa shape index (κ2) is 7.74. The van der Waals surface area contributed by atoms with Gasteiger partial charge < -0.3 is 4.90 Å². The summed E-state index contributed by atoms with van der Waals surface area (Å²) in [4.78, 5) is 40.7. The normalized spacial score (nSPS) is 17.1. The first kappa shape index (κ1) is 19.8. The molecule has 2 aliphatic rings. The van der Waals surface area contributed by atoms with E-state index in [1.54, 1.807) is 18.2 Å². The van der Waals surface area contributed by atoms with Crippen LogP contribution >= 0.6 is 0 Å². The van der Waals surface area contributed by atoms with Crippen molar-refractivity contribution in [3.8, 4) is 0 Å². The number of amides is 2. The maximum atomic E-state index is 13.5. The zero-order valence-electron chi connectivity index (χ0n) is 17.1. The van der Waals surface area contributed by atoms with Crippen LogP contribution in [-0.4, -0.2) is 34.7 Å². The van der Waals surface area contributed by atoms with Crippen molar-refractivity contribution in [1.29, 1.82) is 0 Å². The van der Waals surface area contributed by atoms with Crippen molar-refractivity contribution in [3.05, 3.63) is 75.0 Å². The van der Waals surface area contributed by atoms with Crippen LogP contribution in [-0.2, 0) is 9.59 Å². The van der Waals surface area contributed by atoms with Crippen molar-refractivity contribution in [2.24, 2.45) is 0 Å². The van der Waals surface area contributed by atoms with Crippen LogP contribution in [0.3, 0.4) is 0 Å². The maximum absolute atomic E-state index is 13.5. The van der Waals surface area contributed by atoms with E-state index in [1.807, 2.05) is 30.9 Å². The number of carbonyl (C=O) groups excluding carboxylic acids is 2. The Morgan fingerprint density at radius 1 is 0.867 bits per heavy atom. The Bertz CT molecular complexity index is 1070. The van der Waals surface area contributed by atoms with Gasteiger partial charge in [0.25, 0.3) is 17.5 Å². The molecule has 1 fully saturated rings. The topological polar surface area (TPSA) is 83.8 Å². The second-order valence-electron chi connectivity index (χ2n) is 7.79. The summed E-state index contributed by atoms with van der Waals surface area (Å²) in [6, 6.07) is 11.4. The minimum Gasteiger partial charge on any atom is -0.366 e. The van der Waals surface area contributed by atoms with Gasteiger partial charge in [0.15, 0.2) is 0 Å². The Morgan fingerprint density at radius 3 is 2.13 bits per heavy atom. The second-order valence-corrected chi connectivity index (χ2v) is 7.79. The third-order valence-corrected chi connectivity index (χ3v) is 5.85. The summed E-state index contributed by atoms with van der Waals surface area (Å²) in [5, 5.41) is 11.0. The van der Waals surface area contributed by atoms with Gasteiger partial charge in [-0.3, -0.25) is 19.7 Å². The number of nitrogens with zero attached hydrogens (tertiary/aromatic N) is 3. The molecule has 0 saturated carbocycles. The molecule has 154 valence electrons.